The molecule has 0 radical (unpaired) electrons. The Bertz CT molecular complexity index is 781. The Hall–Kier alpha value is -2.42. The number of ether oxygens (including phenoxy) is 1. The van der Waals surface area contributed by atoms with Gasteiger partial charge in [0.25, 0.3) is 0 Å². The van der Waals surface area contributed by atoms with E-state index in [2.05, 4.69) is 53.3 Å². The standard InChI is InChI=1S/C17H16N2O/c1-11-4-5-14-10-15(7-6-13(14)8-11)16-9-12(2)18-17(19-16)20-3/h4-10H,1-3H3. The van der Waals surface area contributed by atoms with Crippen LogP contribution in [-0.2, 0) is 0 Å². The van der Waals surface area contributed by atoms with E-state index in [0.29, 0.717) is 6.01 Å². The molecular weight excluding hydrogens is 248 g/mol. The Balaban J connectivity index is 2.14. The third-order valence-electron chi connectivity index (χ3n) is 3.31. The summed E-state index contributed by atoms with van der Waals surface area (Å²) in [5, 5.41) is 2.45. The van der Waals surface area contributed by atoms with Gasteiger partial charge in [0.1, 0.15) is 0 Å². The zero-order chi connectivity index (χ0) is 14.1. The van der Waals surface area contributed by atoms with Gasteiger partial charge in [-0.05, 0) is 36.8 Å². The molecule has 0 fully saturated rings. The number of rotatable bonds is 2. The number of nitrogens with zero attached hydrogens (tertiary/aromatic N) is 2. The van der Waals surface area contributed by atoms with E-state index >= 15 is 0 Å². The monoisotopic (exact) mass is 264 g/mol. The summed E-state index contributed by atoms with van der Waals surface area (Å²) in [5.41, 5.74) is 4.13. The molecule has 100 valence electrons. The molecule has 0 unspecified atom stereocenters. The van der Waals surface area contributed by atoms with E-state index in [1.807, 2.05) is 13.0 Å². The lowest BCUT2D eigenvalue weighted by atomic mass is 10.0. The maximum atomic E-state index is 5.14. The molecule has 1 heterocycles. The molecule has 0 atom stereocenters. The zero-order valence-corrected chi connectivity index (χ0v) is 11.8. The van der Waals surface area contributed by atoms with Crippen molar-refractivity contribution in [2.24, 2.45) is 0 Å². The van der Waals surface area contributed by atoms with Crippen LogP contribution >= 0.6 is 0 Å². The minimum atomic E-state index is 0.406. The Morgan fingerprint density at radius 2 is 1.60 bits per heavy atom. The van der Waals surface area contributed by atoms with Gasteiger partial charge in [-0.3, -0.25) is 0 Å². The summed E-state index contributed by atoms with van der Waals surface area (Å²) in [4.78, 5) is 8.63. The second-order valence-corrected chi connectivity index (χ2v) is 4.95. The number of methoxy groups -OCH3 is 1. The molecule has 0 bridgehead atoms. The van der Waals surface area contributed by atoms with Crippen molar-refractivity contribution in [3.05, 3.63) is 53.7 Å². The lowest BCUT2D eigenvalue weighted by Gasteiger charge is -2.07. The van der Waals surface area contributed by atoms with E-state index in [1.165, 1.54) is 16.3 Å². The highest BCUT2D eigenvalue weighted by molar-refractivity contribution is 5.87. The summed E-state index contributed by atoms with van der Waals surface area (Å²) in [6.45, 7) is 4.05. The van der Waals surface area contributed by atoms with Gasteiger partial charge >= 0.3 is 6.01 Å². The maximum Gasteiger partial charge on any atom is 0.316 e. The second kappa shape index (κ2) is 4.93. The third kappa shape index (κ3) is 2.35. The van der Waals surface area contributed by atoms with Gasteiger partial charge in [-0.1, -0.05) is 35.9 Å². The Kier molecular flexibility index (Phi) is 3.11. The molecular formula is C17H16N2O. The molecule has 0 spiro atoms. The topological polar surface area (TPSA) is 35.0 Å². The molecule has 3 rings (SSSR count). The number of aromatic nitrogens is 2. The highest BCUT2D eigenvalue weighted by Gasteiger charge is 2.06. The molecule has 3 aromatic rings. The normalized spacial score (nSPS) is 10.8. The summed E-state index contributed by atoms with van der Waals surface area (Å²) in [6.07, 6.45) is 0. The van der Waals surface area contributed by atoms with E-state index in [-0.39, 0.29) is 0 Å². The third-order valence-corrected chi connectivity index (χ3v) is 3.31. The average molecular weight is 264 g/mol. The minimum absolute atomic E-state index is 0.406. The molecule has 1 aromatic heterocycles. The number of benzene rings is 2. The van der Waals surface area contributed by atoms with Gasteiger partial charge in [-0.2, -0.15) is 4.98 Å². The van der Waals surface area contributed by atoms with Crippen LogP contribution in [0.5, 0.6) is 6.01 Å². The van der Waals surface area contributed by atoms with Crippen LogP contribution in [0, 0.1) is 13.8 Å². The van der Waals surface area contributed by atoms with Gasteiger partial charge in [0.05, 0.1) is 12.8 Å². The first-order valence-electron chi connectivity index (χ1n) is 6.56. The van der Waals surface area contributed by atoms with Crippen LogP contribution in [0.2, 0.25) is 0 Å². The van der Waals surface area contributed by atoms with Crippen molar-refractivity contribution in [3.63, 3.8) is 0 Å². The van der Waals surface area contributed by atoms with Crippen LogP contribution in [0.1, 0.15) is 11.3 Å². The fourth-order valence-electron chi connectivity index (χ4n) is 2.30. The van der Waals surface area contributed by atoms with Crippen molar-refractivity contribution < 1.29 is 4.74 Å². The first-order chi connectivity index (χ1) is 9.65. The zero-order valence-electron chi connectivity index (χ0n) is 11.8. The first-order valence-corrected chi connectivity index (χ1v) is 6.56. The summed E-state index contributed by atoms with van der Waals surface area (Å²) < 4.78 is 5.14. The number of fused-ring (bicyclic) bond motifs is 1. The van der Waals surface area contributed by atoms with Gasteiger partial charge in [-0.25, -0.2) is 4.98 Å². The fraction of sp³-hybridized carbons (Fsp3) is 0.176. The lowest BCUT2D eigenvalue weighted by Crippen LogP contribution is -1.96. The van der Waals surface area contributed by atoms with Gasteiger partial charge in [0.2, 0.25) is 0 Å². The molecule has 0 saturated heterocycles. The summed E-state index contributed by atoms with van der Waals surface area (Å²) >= 11 is 0. The van der Waals surface area contributed by atoms with Crippen LogP contribution in [0.25, 0.3) is 22.0 Å². The molecule has 3 heteroatoms. The van der Waals surface area contributed by atoms with Crippen molar-refractivity contribution in [1.29, 1.82) is 0 Å². The van der Waals surface area contributed by atoms with Crippen LogP contribution in [0.3, 0.4) is 0 Å². The highest BCUT2D eigenvalue weighted by atomic mass is 16.5. The number of aryl methyl sites for hydroxylation is 2. The van der Waals surface area contributed by atoms with Gasteiger partial charge in [-0.15, -0.1) is 0 Å². The summed E-state index contributed by atoms with van der Waals surface area (Å²) in [5.74, 6) is 0. The fourth-order valence-corrected chi connectivity index (χ4v) is 2.30. The molecule has 3 nitrogen and oxygen atoms in total. The van der Waals surface area contributed by atoms with E-state index in [9.17, 15) is 0 Å². The number of hydrogen-bond donors (Lipinski definition) is 0. The van der Waals surface area contributed by atoms with Crippen molar-refractivity contribution in [2.75, 3.05) is 7.11 Å². The quantitative estimate of drug-likeness (QED) is 0.703. The van der Waals surface area contributed by atoms with Crippen LogP contribution in [-0.4, -0.2) is 17.1 Å². The maximum absolute atomic E-state index is 5.14. The number of hydrogen-bond acceptors (Lipinski definition) is 3. The van der Waals surface area contributed by atoms with Crippen molar-refractivity contribution in [2.45, 2.75) is 13.8 Å². The summed E-state index contributed by atoms with van der Waals surface area (Å²) in [6, 6.07) is 15.2. The summed E-state index contributed by atoms with van der Waals surface area (Å²) in [7, 11) is 1.59. The van der Waals surface area contributed by atoms with Crippen molar-refractivity contribution in [1.82, 2.24) is 9.97 Å². The molecule has 0 saturated carbocycles. The molecule has 0 aliphatic rings. The molecule has 20 heavy (non-hydrogen) atoms. The smallest absolute Gasteiger partial charge is 0.316 e. The van der Waals surface area contributed by atoms with Crippen molar-refractivity contribution in [3.8, 4) is 17.3 Å². The highest BCUT2D eigenvalue weighted by Crippen LogP contribution is 2.25. The van der Waals surface area contributed by atoms with Gasteiger partial charge in [0.15, 0.2) is 0 Å². The molecule has 0 aliphatic carbocycles. The minimum Gasteiger partial charge on any atom is -0.467 e. The first kappa shape index (κ1) is 12.6. The van der Waals surface area contributed by atoms with Crippen molar-refractivity contribution >= 4 is 10.8 Å². The molecule has 0 N–H and O–H groups in total. The van der Waals surface area contributed by atoms with Gasteiger partial charge < -0.3 is 4.74 Å². The lowest BCUT2D eigenvalue weighted by molar-refractivity contribution is 0.379. The van der Waals surface area contributed by atoms with Gasteiger partial charge in [0, 0.05) is 11.3 Å². The van der Waals surface area contributed by atoms with Crippen LogP contribution < -0.4 is 4.74 Å². The van der Waals surface area contributed by atoms with E-state index in [1.54, 1.807) is 7.11 Å². The van der Waals surface area contributed by atoms with E-state index < -0.39 is 0 Å². The largest absolute Gasteiger partial charge is 0.467 e. The predicted molar refractivity (Wildman–Crippen MR) is 81.0 cm³/mol. The Morgan fingerprint density at radius 3 is 2.40 bits per heavy atom. The SMILES string of the molecule is COc1nc(C)cc(-c2ccc3cc(C)ccc3c2)n1. The van der Waals surface area contributed by atoms with Crippen LogP contribution in [0.15, 0.2) is 42.5 Å². The Morgan fingerprint density at radius 1 is 0.850 bits per heavy atom. The predicted octanol–water partition coefficient (Wildman–Crippen LogP) is 3.92. The van der Waals surface area contributed by atoms with E-state index in [4.69, 9.17) is 4.74 Å². The second-order valence-electron chi connectivity index (χ2n) is 4.95. The molecule has 2 aromatic carbocycles. The van der Waals surface area contributed by atoms with Crippen LogP contribution in [0.4, 0.5) is 0 Å². The van der Waals surface area contributed by atoms with E-state index in [0.717, 1.165) is 17.0 Å². The molecule has 0 aliphatic heterocycles. The molecule has 0 amide bonds. The average Bonchev–Trinajstić information content (AvgIpc) is 2.46. The Labute approximate surface area is 118 Å².